The highest BCUT2D eigenvalue weighted by molar-refractivity contribution is 5.89. The second kappa shape index (κ2) is 14.9. The fourth-order valence-corrected chi connectivity index (χ4v) is 3.20. The van der Waals surface area contributed by atoms with Gasteiger partial charge >= 0.3 is 6.03 Å². The van der Waals surface area contributed by atoms with E-state index in [-0.39, 0.29) is 18.0 Å². The van der Waals surface area contributed by atoms with Crippen LogP contribution in [0.15, 0.2) is 30.3 Å². The van der Waals surface area contributed by atoms with E-state index < -0.39 is 0 Å². The van der Waals surface area contributed by atoms with E-state index in [1.807, 2.05) is 30.3 Å². The summed E-state index contributed by atoms with van der Waals surface area (Å²) in [5, 5.41) is 5.99. The van der Waals surface area contributed by atoms with Crippen LogP contribution in [0.25, 0.3) is 0 Å². The Kier molecular flexibility index (Phi) is 12.8. The lowest BCUT2D eigenvalue weighted by Gasteiger charge is -2.23. The number of hydrogen-bond acceptors (Lipinski definition) is 3. The zero-order chi connectivity index (χ0) is 21.5. The fraction of sp³-hybridized carbons (Fsp3) is 0.652. The topological polar surface area (TPSA) is 64.7 Å². The average molecular weight is 405 g/mol. The van der Waals surface area contributed by atoms with Crippen molar-refractivity contribution in [3.05, 3.63) is 30.3 Å². The van der Waals surface area contributed by atoms with E-state index in [2.05, 4.69) is 43.2 Å². The van der Waals surface area contributed by atoms with Crippen LogP contribution in [-0.2, 0) is 4.79 Å². The summed E-state index contributed by atoms with van der Waals surface area (Å²) in [7, 11) is 0. The molecule has 0 aliphatic rings. The number of para-hydroxylation sites is 1. The highest BCUT2D eigenvalue weighted by Gasteiger charge is 2.16. The Hall–Kier alpha value is -2.08. The molecule has 1 aromatic carbocycles. The van der Waals surface area contributed by atoms with Crippen LogP contribution in [0.3, 0.4) is 0 Å². The molecule has 1 rings (SSSR count). The second-order valence-corrected chi connectivity index (χ2v) is 7.52. The third-order valence-electron chi connectivity index (χ3n) is 5.12. The number of carbonyl (C=O) groups is 2. The number of amides is 3. The third-order valence-corrected chi connectivity index (χ3v) is 5.12. The van der Waals surface area contributed by atoms with Crippen molar-refractivity contribution in [1.82, 2.24) is 15.1 Å². The Morgan fingerprint density at radius 2 is 1.66 bits per heavy atom. The summed E-state index contributed by atoms with van der Waals surface area (Å²) in [6.45, 7) is 12.8. The minimum Gasteiger partial charge on any atom is -0.354 e. The van der Waals surface area contributed by atoms with Gasteiger partial charge in [-0.3, -0.25) is 4.79 Å². The molecule has 0 aliphatic heterocycles. The van der Waals surface area contributed by atoms with Crippen LogP contribution in [0.5, 0.6) is 0 Å². The minimum atomic E-state index is -0.148. The van der Waals surface area contributed by atoms with Gasteiger partial charge in [0, 0.05) is 31.2 Å². The van der Waals surface area contributed by atoms with E-state index in [0.29, 0.717) is 19.5 Å². The minimum absolute atomic E-state index is 0.00866. The smallest absolute Gasteiger partial charge is 0.321 e. The molecule has 0 heterocycles. The lowest BCUT2D eigenvalue weighted by molar-refractivity contribution is -0.121. The van der Waals surface area contributed by atoms with Gasteiger partial charge in [0.05, 0.1) is 0 Å². The molecule has 0 saturated carbocycles. The Bertz CT molecular complexity index is 576. The van der Waals surface area contributed by atoms with Gasteiger partial charge in [0.2, 0.25) is 5.91 Å². The monoisotopic (exact) mass is 404 g/mol. The number of carbonyl (C=O) groups excluding carboxylic acids is 2. The first kappa shape index (κ1) is 25.0. The van der Waals surface area contributed by atoms with Gasteiger partial charge in [-0.2, -0.15) is 0 Å². The molecular formula is C23H40N4O2. The van der Waals surface area contributed by atoms with Gasteiger partial charge in [-0.25, -0.2) is 4.79 Å². The summed E-state index contributed by atoms with van der Waals surface area (Å²) < 4.78 is 0. The van der Waals surface area contributed by atoms with Gasteiger partial charge in [-0.15, -0.1) is 0 Å². The van der Waals surface area contributed by atoms with E-state index in [1.165, 1.54) is 0 Å². The average Bonchev–Trinajstić information content (AvgIpc) is 2.72. The quantitative estimate of drug-likeness (QED) is 0.485. The predicted octanol–water partition coefficient (Wildman–Crippen LogP) is 4.34. The molecule has 0 aromatic heterocycles. The lowest BCUT2D eigenvalue weighted by atomic mass is 10.1. The van der Waals surface area contributed by atoms with Crippen molar-refractivity contribution in [3.63, 3.8) is 0 Å². The van der Waals surface area contributed by atoms with Crippen molar-refractivity contribution in [2.45, 2.75) is 65.8 Å². The maximum atomic E-state index is 12.6. The van der Waals surface area contributed by atoms with Crippen LogP contribution in [0.2, 0.25) is 0 Å². The van der Waals surface area contributed by atoms with Gasteiger partial charge in [-0.1, -0.05) is 45.4 Å². The van der Waals surface area contributed by atoms with Crippen LogP contribution in [0.1, 0.15) is 59.8 Å². The molecule has 3 amide bonds. The Morgan fingerprint density at radius 1 is 0.966 bits per heavy atom. The summed E-state index contributed by atoms with van der Waals surface area (Å²) in [5.41, 5.74) is 0.769. The molecule has 6 nitrogen and oxygen atoms in total. The van der Waals surface area contributed by atoms with Crippen molar-refractivity contribution in [1.29, 1.82) is 0 Å². The third kappa shape index (κ3) is 10.9. The largest absolute Gasteiger partial charge is 0.354 e. The fourth-order valence-electron chi connectivity index (χ4n) is 3.20. The number of nitrogens with zero attached hydrogens (tertiary/aromatic N) is 2. The van der Waals surface area contributed by atoms with Crippen molar-refractivity contribution in [3.8, 4) is 0 Å². The number of urea groups is 1. The van der Waals surface area contributed by atoms with Gasteiger partial charge in [0.25, 0.3) is 0 Å². The maximum absolute atomic E-state index is 12.6. The number of unbranched alkanes of at least 4 members (excludes halogenated alkanes) is 1. The van der Waals surface area contributed by atoms with Gasteiger partial charge < -0.3 is 20.4 Å². The molecule has 1 aromatic rings. The summed E-state index contributed by atoms with van der Waals surface area (Å²) in [5.74, 6) is 0.00866. The maximum Gasteiger partial charge on any atom is 0.321 e. The van der Waals surface area contributed by atoms with Crippen molar-refractivity contribution < 1.29 is 9.59 Å². The molecule has 0 saturated heterocycles. The molecule has 29 heavy (non-hydrogen) atoms. The zero-order valence-corrected chi connectivity index (χ0v) is 18.7. The number of anilines is 1. The van der Waals surface area contributed by atoms with Gasteiger partial charge in [0.15, 0.2) is 0 Å². The van der Waals surface area contributed by atoms with Crippen molar-refractivity contribution in [2.24, 2.45) is 0 Å². The summed E-state index contributed by atoms with van der Waals surface area (Å²) >= 11 is 0. The second-order valence-electron chi connectivity index (χ2n) is 7.52. The van der Waals surface area contributed by atoms with E-state index in [4.69, 9.17) is 0 Å². The van der Waals surface area contributed by atoms with Crippen LogP contribution < -0.4 is 10.6 Å². The van der Waals surface area contributed by atoms with Crippen molar-refractivity contribution >= 4 is 17.6 Å². The normalized spacial score (nSPS) is 11.9. The molecule has 0 radical (unpaired) electrons. The van der Waals surface area contributed by atoms with Crippen LogP contribution in [0.4, 0.5) is 10.5 Å². The van der Waals surface area contributed by atoms with Gasteiger partial charge in [-0.05, 0) is 58.0 Å². The summed E-state index contributed by atoms with van der Waals surface area (Å²) in [4.78, 5) is 29.1. The molecule has 164 valence electrons. The number of benzene rings is 1. The molecule has 0 aliphatic carbocycles. The Labute approximate surface area is 177 Å². The Balaban J connectivity index is 2.41. The van der Waals surface area contributed by atoms with E-state index in [9.17, 15) is 9.59 Å². The van der Waals surface area contributed by atoms with Crippen LogP contribution in [-0.4, -0.2) is 60.5 Å². The van der Waals surface area contributed by atoms with Crippen LogP contribution in [0, 0.1) is 0 Å². The number of nitrogens with one attached hydrogen (secondary N) is 2. The molecule has 6 heteroatoms. The highest BCUT2D eigenvalue weighted by Crippen LogP contribution is 2.08. The Morgan fingerprint density at radius 3 is 2.28 bits per heavy atom. The number of hydrogen-bond donors (Lipinski definition) is 2. The van der Waals surface area contributed by atoms with E-state index in [0.717, 1.165) is 51.0 Å². The molecular weight excluding hydrogens is 364 g/mol. The summed E-state index contributed by atoms with van der Waals surface area (Å²) in [6, 6.07) is 9.43. The highest BCUT2D eigenvalue weighted by atomic mass is 16.2. The molecule has 1 unspecified atom stereocenters. The molecule has 0 bridgehead atoms. The van der Waals surface area contributed by atoms with E-state index in [1.54, 1.807) is 4.90 Å². The molecule has 2 N–H and O–H groups in total. The molecule has 1 atom stereocenters. The molecule has 0 spiro atoms. The standard InChI is InChI=1S/C23H40N4O2/c1-5-8-18-27(23(29)25-21-14-10-9-11-15-21)19-16-22(28)24-20(4)13-12-17-26(6-2)7-3/h9-11,14-15,20H,5-8,12-13,16-19H2,1-4H3,(H,24,28)(H,25,29). The molecule has 0 fully saturated rings. The first-order valence-electron chi connectivity index (χ1n) is 11.1. The summed E-state index contributed by atoms with van der Waals surface area (Å²) in [6.07, 6.45) is 4.30. The van der Waals surface area contributed by atoms with Crippen LogP contribution >= 0.6 is 0 Å². The first-order chi connectivity index (χ1) is 14.0. The lowest BCUT2D eigenvalue weighted by Crippen LogP contribution is -2.40. The van der Waals surface area contributed by atoms with E-state index >= 15 is 0 Å². The zero-order valence-electron chi connectivity index (χ0n) is 18.7. The number of rotatable bonds is 14. The SMILES string of the molecule is CCCCN(CCC(=O)NC(C)CCCN(CC)CC)C(=O)Nc1ccccc1. The van der Waals surface area contributed by atoms with Gasteiger partial charge in [0.1, 0.15) is 0 Å². The van der Waals surface area contributed by atoms with Crippen molar-refractivity contribution in [2.75, 3.05) is 38.0 Å². The first-order valence-corrected chi connectivity index (χ1v) is 11.1. The predicted molar refractivity (Wildman–Crippen MR) is 121 cm³/mol.